The molecule has 7 aromatic carbocycles. The van der Waals surface area contributed by atoms with Gasteiger partial charge in [0.05, 0.1) is 27.7 Å². The fourth-order valence-electron chi connectivity index (χ4n) is 10.1. The zero-order valence-electron chi connectivity index (χ0n) is 28.3. The monoisotopic (exact) mass is 689 g/mol. The number of para-hydroxylation sites is 1. The Hall–Kier alpha value is -6.49. The minimum absolute atomic E-state index is 0.403. The van der Waals surface area contributed by atoms with Crippen LogP contribution in [0.25, 0.3) is 82.7 Å². The maximum atomic E-state index is 5.27. The average molecular weight is 690 g/mol. The Bertz CT molecular complexity index is 3240. The van der Waals surface area contributed by atoms with Crippen LogP contribution in [0.2, 0.25) is 0 Å². The predicted molar refractivity (Wildman–Crippen MR) is 217 cm³/mol. The number of nitrogens with zero attached hydrogens (tertiary/aromatic N) is 3. The van der Waals surface area contributed by atoms with Crippen molar-refractivity contribution in [3.05, 3.63) is 186 Å². The molecule has 0 bridgehead atoms. The number of hydrogen-bond donors (Lipinski definition) is 0. The fraction of sp³-hybridized carbons (Fsp3) is 0.0204. The maximum absolute atomic E-state index is 5.27. The molecular weight excluding hydrogens is 663 g/mol. The third-order valence-corrected chi connectivity index (χ3v) is 13.1. The summed E-state index contributed by atoms with van der Waals surface area (Å²) in [6, 6.07) is 58.4. The Morgan fingerprint density at radius 3 is 2.00 bits per heavy atom. The Morgan fingerprint density at radius 1 is 0.509 bits per heavy atom. The number of rotatable bonds is 1. The third-order valence-electron chi connectivity index (χ3n) is 12.1. The Morgan fingerprint density at radius 2 is 1.19 bits per heavy atom. The van der Waals surface area contributed by atoms with Crippen molar-refractivity contribution in [2.45, 2.75) is 15.3 Å². The molecule has 0 saturated heterocycles. The predicted octanol–water partition coefficient (Wildman–Crippen LogP) is 12.4. The molecule has 3 aliphatic rings. The molecule has 4 heterocycles. The molecule has 0 fully saturated rings. The minimum atomic E-state index is -0.403. The number of hydrogen-bond acceptors (Lipinski definition) is 3. The van der Waals surface area contributed by atoms with Crippen molar-refractivity contribution in [1.82, 2.24) is 14.5 Å². The molecule has 3 nitrogen and oxygen atoms in total. The smallest absolute Gasteiger partial charge is 0.112 e. The first kappa shape index (κ1) is 28.1. The van der Waals surface area contributed by atoms with Crippen LogP contribution in [0, 0.1) is 0 Å². The highest BCUT2D eigenvalue weighted by atomic mass is 32.2. The second-order valence-electron chi connectivity index (χ2n) is 14.4. The highest BCUT2D eigenvalue weighted by Gasteiger charge is 2.52. The Labute approximate surface area is 309 Å². The van der Waals surface area contributed by atoms with E-state index in [0.717, 1.165) is 32.7 Å². The van der Waals surface area contributed by atoms with Crippen LogP contribution >= 0.6 is 11.8 Å². The molecule has 0 amide bonds. The van der Waals surface area contributed by atoms with Gasteiger partial charge in [0.2, 0.25) is 0 Å². The van der Waals surface area contributed by atoms with Gasteiger partial charge in [-0.05, 0) is 80.7 Å². The van der Waals surface area contributed by atoms with Gasteiger partial charge >= 0.3 is 0 Å². The molecule has 4 heteroatoms. The lowest BCUT2D eigenvalue weighted by Crippen LogP contribution is -2.25. The van der Waals surface area contributed by atoms with E-state index >= 15 is 0 Å². The van der Waals surface area contributed by atoms with E-state index in [1.807, 2.05) is 6.20 Å². The molecule has 2 aliphatic carbocycles. The van der Waals surface area contributed by atoms with Gasteiger partial charge in [-0.1, -0.05) is 133 Å². The number of pyridine rings is 2. The first-order valence-corrected chi connectivity index (χ1v) is 19.0. The van der Waals surface area contributed by atoms with Crippen molar-refractivity contribution in [2.75, 3.05) is 0 Å². The number of benzene rings is 7. The van der Waals surface area contributed by atoms with Gasteiger partial charge in [-0.3, -0.25) is 4.98 Å². The molecule has 53 heavy (non-hydrogen) atoms. The van der Waals surface area contributed by atoms with E-state index in [1.165, 1.54) is 82.2 Å². The van der Waals surface area contributed by atoms with Crippen LogP contribution in [-0.4, -0.2) is 14.5 Å². The molecule has 0 N–H and O–H groups in total. The zero-order chi connectivity index (χ0) is 34.4. The van der Waals surface area contributed by atoms with Crippen LogP contribution in [0.15, 0.2) is 174 Å². The molecule has 244 valence electrons. The standard InChI is InChI=1S/C49H27N3S/c1-6-16-37-29(11-1)30-12-2-7-17-38(30)49(37)39-18-8-3-14-34(39)44-40(49)23-22-33-31-13-4-9-19-42(31)52(47(33)44)28-21-24-41-36(27-28)32-25-26-50-46-35-15-5-10-20-43(35)53-48(51-41)45(32)46/h1-27H. The van der Waals surface area contributed by atoms with Crippen LogP contribution in [0.4, 0.5) is 0 Å². The summed E-state index contributed by atoms with van der Waals surface area (Å²) in [7, 11) is 0. The second kappa shape index (κ2) is 9.88. The van der Waals surface area contributed by atoms with Crippen molar-refractivity contribution >= 4 is 55.2 Å². The average Bonchev–Trinajstić information content (AvgIpc) is 3.83. The summed E-state index contributed by atoms with van der Waals surface area (Å²) < 4.78 is 2.52. The van der Waals surface area contributed by atoms with Crippen LogP contribution in [0.5, 0.6) is 0 Å². The third kappa shape index (κ3) is 3.34. The summed E-state index contributed by atoms with van der Waals surface area (Å²) in [5, 5.41) is 7.00. The van der Waals surface area contributed by atoms with Gasteiger partial charge in [0.1, 0.15) is 5.03 Å². The van der Waals surface area contributed by atoms with Crippen molar-refractivity contribution in [3.63, 3.8) is 0 Å². The normalized spacial score (nSPS) is 14.1. The first-order chi connectivity index (χ1) is 26.3. The number of fused-ring (bicyclic) bond motifs is 18. The van der Waals surface area contributed by atoms with E-state index < -0.39 is 5.41 Å². The molecule has 13 rings (SSSR count). The first-order valence-electron chi connectivity index (χ1n) is 18.2. The van der Waals surface area contributed by atoms with Crippen molar-refractivity contribution in [2.24, 2.45) is 0 Å². The summed E-state index contributed by atoms with van der Waals surface area (Å²) in [6.07, 6.45) is 1.96. The van der Waals surface area contributed by atoms with Crippen molar-refractivity contribution < 1.29 is 0 Å². The minimum Gasteiger partial charge on any atom is -0.309 e. The summed E-state index contributed by atoms with van der Waals surface area (Å²) in [4.78, 5) is 11.4. The van der Waals surface area contributed by atoms with Crippen LogP contribution in [-0.2, 0) is 5.41 Å². The summed E-state index contributed by atoms with van der Waals surface area (Å²) >= 11 is 1.75. The van der Waals surface area contributed by atoms with Gasteiger partial charge < -0.3 is 4.57 Å². The topological polar surface area (TPSA) is 30.7 Å². The fourth-order valence-corrected chi connectivity index (χ4v) is 11.2. The molecular formula is C49H27N3S. The van der Waals surface area contributed by atoms with E-state index in [2.05, 4.69) is 162 Å². The van der Waals surface area contributed by atoms with Crippen LogP contribution in [0.1, 0.15) is 22.3 Å². The van der Waals surface area contributed by atoms with Gasteiger partial charge in [0.25, 0.3) is 0 Å². The van der Waals surface area contributed by atoms with Crippen LogP contribution < -0.4 is 0 Å². The molecule has 1 aliphatic heterocycles. The van der Waals surface area contributed by atoms with E-state index in [0.29, 0.717) is 0 Å². The van der Waals surface area contributed by atoms with E-state index in [9.17, 15) is 0 Å². The lowest BCUT2D eigenvalue weighted by atomic mass is 9.70. The highest BCUT2D eigenvalue weighted by Crippen LogP contribution is 2.64. The van der Waals surface area contributed by atoms with Crippen LogP contribution in [0.3, 0.4) is 0 Å². The summed E-state index contributed by atoms with van der Waals surface area (Å²) in [6.45, 7) is 0. The molecule has 0 atom stereocenters. The maximum Gasteiger partial charge on any atom is 0.112 e. The SMILES string of the molecule is c1ccc2c(c1)Sc1nc3ccc(-n4c5ccccc5c5ccc6c(c54)-c4ccccc4C64c5ccccc5-c5ccccc54)cc3c3ccnc-2c13. The zero-order valence-corrected chi connectivity index (χ0v) is 29.2. The Balaban J connectivity index is 1.16. The molecule has 3 aromatic heterocycles. The lowest BCUT2D eigenvalue weighted by Gasteiger charge is -2.30. The van der Waals surface area contributed by atoms with E-state index in [4.69, 9.17) is 9.97 Å². The van der Waals surface area contributed by atoms with Crippen molar-refractivity contribution in [1.29, 1.82) is 0 Å². The molecule has 10 aromatic rings. The molecule has 0 unspecified atom stereocenters. The van der Waals surface area contributed by atoms with Gasteiger partial charge in [0, 0.05) is 49.5 Å². The van der Waals surface area contributed by atoms with E-state index in [-0.39, 0.29) is 0 Å². The number of aromatic nitrogens is 3. The van der Waals surface area contributed by atoms with Gasteiger partial charge in [-0.15, -0.1) is 0 Å². The lowest BCUT2D eigenvalue weighted by molar-refractivity contribution is 0.794. The van der Waals surface area contributed by atoms with Gasteiger partial charge in [-0.25, -0.2) is 4.98 Å². The Kier molecular flexibility index (Phi) is 5.25. The summed E-state index contributed by atoms with van der Waals surface area (Å²) in [5.41, 5.74) is 17.0. The quantitative estimate of drug-likeness (QED) is 0.161. The van der Waals surface area contributed by atoms with Crippen molar-refractivity contribution in [3.8, 4) is 39.2 Å². The largest absolute Gasteiger partial charge is 0.309 e. The van der Waals surface area contributed by atoms with Gasteiger partial charge in [-0.2, -0.15) is 0 Å². The molecule has 1 spiro atoms. The highest BCUT2D eigenvalue weighted by molar-refractivity contribution is 7.99. The summed E-state index contributed by atoms with van der Waals surface area (Å²) in [5.74, 6) is 0. The van der Waals surface area contributed by atoms with E-state index in [1.54, 1.807) is 11.8 Å². The van der Waals surface area contributed by atoms with Gasteiger partial charge in [0.15, 0.2) is 0 Å². The second-order valence-corrected chi connectivity index (χ2v) is 15.5. The molecule has 0 radical (unpaired) electrons. The molecule has 0 saturated carbocycles.